The van der Waals surface area contributed by atoms with Crippen molar-refractivity contribution in [3.8, 4) is 0 Å². The van der Waals surface area contributed by atoms with Gasteiger partial charge in [-0.2, -0.15) is 4.31 Å². The van der Waals surface area contributed by atoms with Crippen molar-refractivity contribution in [1.82, 2.24) is 19.2 Å². The van der Waals surface area contributed by atoms with E-state index in [4.69, 9.17) is 11.6 Å². The van der Waals surface area contributed by atoms with Crippen LogP contribution in [-0.2, 0) is 23.6 Å². The molecule has 0 bridgehead atoms. The maximum Gasteiger partial charge on any atom is 0.262 e. The molecule has 3 aromatic rings. The number of benzene rings is 2. The van der Waals surface area contributed by atoms with Crippen molar-refractivity contribution in [3.05, 3.63) is 83.0 Å². The number of halogens is 2. The van der Waals surface area contributed by atoms with Gasteiger partial charge in [-0.05, 0) is 35.4 Å². The second-order valence-corrected chi connectivity index (χ2v) is 9.80. The van der Waals surface area contributed by atoms with E-state index in [1.54, 1.807) is 23.7 Å². The molecule has 1 N–H and O–H groups in total. The van der Waals surface area contributed by atoms with Gasteiger partial charge < -0.3 is 9.88 Å². The van der Waals surface area contributed by atoms with Gasteiger partial charge in [0.2, 0.25) is 0 Å². The third-order valence-electron chi connectivity index (χ3n) is 5.33. The van der Waals surface area contributed by atoms with Crippen LogP contribution in [0.1, 0.15) is 17.0 Å². The minimum atomic E-state index is -3.72. The highest BCUT2D eigenvalue weighted by Crippen LogP contribution is 2.31. The van der Waals surface area contributed by atoms with Crippen LogP contribution in [0.5, 0.6) is 0 Å². The molecule has 1 aliphatic rings. The van der Waals surface area contributed by atoms with Gasteiger partial charge in [0, 0.05) is 49.9 Å². The van der Waals surface area contributed by atoms with Crippen LogP contribution in [0.3, 0.4) is 0 Å². The van der Waals surface area contributed by atoms with Gasteiger partial charge >= 0.3 is 0 Å². The Labute approximate surface area is 180 Å². The quantitative estimate of drug-likeness (QED) is 0.629. The van der Waals surface area contributed by atoms with E-state index in [0.29, 0.717) is 18.1 Å². The summed E-state index contributed by atoms with van der Waals surface area (Å²) in [5.74, 6) is -0.443. The molecule has 30 heavy (non-hydrogen) atoms. The predicted molar refractivity (Wildman–Crippen MR) is 113 cm³/mol. The van der Waals surface area contributed by atoms with Crippen LogP contribution in [0.15, 0.2) is 66.1 Å². The molecule has 0 radical (unpaired) electrons. The molecule has 2 aromatic carbocycles. The molecule has 158 valence electrons. The predicted octanol–water partition coefficient (Wildman–Crippen LogP) is 3.16. The molecule has 9 heteroatoms. The van der Waals surface area contributed by atoms with E-state index in [0.717, 1.165) is 11.1 Å². The number of hydrogen-bond donors (Lipinski definition) is 1. The van der Waals surface area contributed by atoms with Crippen molar-refractivity contribution in [2.24, 2.45) is 7.05 Å². The first kappa shape index (κ1) is 21.0. The summed E-state index contributed by atoms with van der Waals surface area (Å²) in [5, 5.41) is 4.14. The average Bonchev–Trinajstić information content (AvgIpc) is 3.34. The Morgan fingerprint density at radius 2 is 1.97 bits per heavy atom. The lowest BCUT2D eigenvalue weighted by Crippen LogP contribution is -2.36. The maximum absolute atomic E-state index is 13.4. The lowest BCUT2D eigenvalue weighted by atomic mass is 9.94. The van der Waals surface area contributed by atoms with Gasteiger partial charge in [-0.25, -0.2) is 17.8 Å². The summed E-state index contributed by atoms with van der Waals surface area (Å²) in [5.41, 5.74) is 1.89. The molecule has 6 nitrogen and oxygen atoms in total. The number of nitrogens with zero attached hydrogens (tertiary/aromatic N) is 3. The van der Waals surface area contributed by atoms with Crippen molar-refractivity contribution in [3.63, 3.8) is 0 Å². The van der Waals surface area contributed by atoms with E-state index < -0.39 is 10.0 Å². The minimum absolute atomic E-state index is 0.0262. The van der Waals surface area contributed by atoms with Crippen molar-refractivity contribution >= 4 is 21.6 Å². The van der Waals surface area contributed by atoms with E-state index in [2.05, 4.69) is 10.3 Å². The first-order valence-corrected chi connectivity index (χ1v) is 11.4. The summed E-state index contributed by atoms with van der Waals surface area (Å²) in [4.78, 5) is 4.02. The summed E-state index contributed by atoms with van der Waals surface area (Å²) in [7, 11) is -1.99. The smallest absolute Gasteiger partial charge is 0.262 e. The Morgan fingerprint density at radius 3 is 2.63 bits per heavy atom. The molecule has 0 aliphatic carbocycles. The van der Waals surface area contributed by atoms with Gasteiger partial charge in [-0.15, -0.1) is 0 Å². The number of hydrogen-bond acceptors (Lipinski definition) is 4. The van der Waals surface area contributed by atoms with E-state index in [1.807, 2.05) is 24.3 Å². The third-order valence-corrected chi connectivity index (χ3v) is 7.28. The number of nitrogens with one attached hydrogen (secondary N) is 1. The highest BCUT2D eigenvalue weighted by Gasteiger charge is 2.40. The number of rotatable bonds is 6. The molecule has 2 atom stereocenters. The van der Waals surface area contributed by atoms with Crippen LogP contribution in [-0.4, -0.2) is 41.4 Å². The van der Waals surface area contributed by atoms with E-state index in [1.165, 1.54) is 29.0 Å². The summed E-state index contributed by atoms with van der Waals surface area (Å²) in [6, 6.07) is 13.6. The van der Waals surface area contributed by atoms with Crippen LogP contribution in [0, 0.1) is 5.82 Å². The third kappa shape index (κ3) is 4.41. The molecule has 1 saturated heterocycles. The largest absolute Gasteiger partial charge is 0.339 e. The van der Waals surface area contributed by atoms with Gasteiger partial charge in [-0.3, -0.25) is 0 Å². The van der Waals surface area contributed by atoms with Gasteiger partial charge in [0.15, 0.2) is 5.03 Å². The van der Waals surface area contributed by atoms with E-state index >= 15 is 0 Å². The van der Waals surface area contributed by atoms with Crippen molar-refractivity contribution in [1.29, 1.82) is 0 Å². The van der Waals surface area contributed by atoms with Crippen LogP contribution in [0.2, 0.25) is 5.02 Å². The van der Waals surface area contributed by atoms with Crippen molar-refractivity contribution < 1.29 is 12.8 Å². The van der Waals surface area contributed by atoms with E-state index in [-0.39, 0.29) is 29.3 Å². The molecule has 0 spiro atoms. The fourth-order valence-corrected chi connectivity index (χ4v) is 5.44. The molecular weight excluding hydrogens is 427 g/mol. The Morgan fingerprint density at radius 1 is 1.20 bits per heavy atom. The summed E-state index contributed by atoms with van der Waals surface area (Å²) >= 11 is 6.07. The zero-order valence-corrected chi connectivity index (χ0v) is 17.9. The number of aryl methyl sites for hydroxylation is 1. The normalized spacial score (nSPS) is 20.0. The zero-order chi connectivity index (χ0) is 21.3. The number of sulfonamides is 1. The minimum Gasteiger partial charge on any atom is -0.339 e. The monoisotopic (exact) mass is 448 g/mol. The molecule has 2 heterocycles. The van der Waals surface area contributed by atoms with Crippen molar-refractivity contribution in [2.75, 3.05) is 13.1 Å². The first-order valence-electron chi connectivity index (χ1n) is 9.54. The van der Waals surface area contributed by atoms with Crippen LogP contribution in [0.4, 0.5) is 4.39 Å². The Balaban J connectivity index is 1.59. The topological polar surface area (TPSA) is 67.2 Å². The highest BCUT2D eigenvalue weighted by molar-refractivity contribution is 7.89. The Kier molecular flexibility index (Phi) is 5.92. The lowest BCUT2D eigenvalue weighted by Gasteiger charge is -2.20. The lowest BCUT2D eigenvalue weighted by molar-refractivity contribution is 0.454. The van der Waals surface area contributed by atoms with Crippen LogP contribution in [0.25, 0.3) is 0 Å². The summed E-state index contributed by atoms with van der Waals surface area (Å²) in [6.07, 6.45) is 2.96. The maximum atomic E-state index is 13.4. The standard InChI is InChI=1S/C21H22ClFN4O2S/c1-26-13-21(25-14-26)30(28,29)27-11-19(16-5-7-18(23)8-6-16)20(12-27)24-10-15-3-2-4-17(22)9-15/h2-9,13-14,19-20,24H,10-12H2,1H3/t19-,20+/m0/s1. The zero-order valence-electron chi connectivity index (χ0n) is 16.4. The number of imidazole rings is 1. The average molecular weight is 449 g/mol. The molecule has 0 amide bonds. The highest BCUT2D eigenvalue weighted by atomic mass is 35.5. The molecule has 4 rings (SSSR count). The molecule has 1 aliphatic heterocycles. The van der Waals surface area contributed by atoms with Gasteiger partial charge in [-0.1, -0.05) is 35.9 Å². The number of aromatic nitrogens is 2. The summed E-state index contributed by atoms with van der Waals surface area (Å²) < 4.78 is 42.6. The van der Waals surface area contributed by atoms with E-state index in [9.17, 15) is 12.8 Å². The van der Waals surface area contributed by atoms with Gasteiger partial charge in [0.25, 0.3) is 10.0 Å². The molecule has 0 saturated carbocycles. The molecular formula is C21H22ClFN4O2S. The molecule has 1 aromatic heterocycles. The van der Waals surface area contributed by atoms with Crippen molar-refractivity contribution in [2.45, 2.75) is 23.5 Å². The summed E-state index contributed by atoms with van der Waals surface area (Å²) in [6.45, 7) is 1.12. The molecule has 0 unspecified atom stereocenters. The molecule has 1 fully saturated rings. The Hall–Kier alpha value is -2.26. The second-order valence-electron chi connectivity index (χ2n) is 7.47. The van der Waals surface area contributed by atoms with Gasteiger partial charge in [0.1, 0.15) is 5.82 Å². The van der Waals surface area contributed by atoms with Gasteiger partial charge in [0.05, 0.1) is 6.33 Å². The fourth-order valence-electron chi connectivity index (χ4n) is 3.77. The fraction of sp³-hybridized carbons (Fsp3) is 0.286. The SMILES string of the molecule is Cn1cnc(S(=O)(=O)N2C[C@@H](NCc3cccc(Cl)c3)[C@H](c3ccc(F)cc3)C2)c1. The second kappa shape index (κ2) is 8.47. The first-order chi connectivity index (χ1) is 14.3. The Bertz CT molecular complexity index is 1130. The van der Waals surface area contributed by atoms with Crippen LogP contribution < -0.4 is 5.32 Å². The van der Waals surface area contributed by atoms with Crippen LogP contribution >= 0.6 is 11.6 Å².